The van der Waals surface area contributed by atoms with E-state index in [1.807, 2.05) is 6.92 Å². The first-order valence-electron chi connectivity index (χ1n) is 11.7. The molecule has 0 spiro atoms. The molecule has 2 aliphatic heterocycles. The quantitative estimate of drug-likeness (QED) is 0.372. The molecule has 2 aromatic rings. The Morgan fingerprint density at radius 1 is 1.24 bits per heavy atom. The zero-order valence-electron chi connectivity index (χ0n) is 20.3. The molecule has 0 saturated carbocycles. The third-order valence-corrected chi connectivity index (χ3v) is 8.39. The lowest BCUT2D eigenvalue weighted by Crippen LogP contribution is -2.59. The fourth-order valence-electron chi connectivity index (χ4n) is 4.41. The van der Waals surface area contributed by atoms with Crippen LogP contribution in [0, 0.1) is 17.5 Å². The summed E-state index contributed by atoms with van der Waals surface area (Å²) >= 11 is 0.859. The van der Waals surface area contributed by atoms with Crippen molar-refractivity contribution >= 4 is 17.7 Å². The lowest BCUT2D eigenvalue weighted by atomic mass is 9.97. The molecular formula is C23H29F3N4O6S. The van der Waals surface area contributed by atoms with Gasteiger partial charge in [-0.05, 0) is 39.3 Å². The van der Waals surface area contributed by atoms with E-state index in [1.54, 1.807) is 4.90 Å². The Balaban J connectivity index is 1.62. The zero-order valence-corrected chi connectivity index (χ0v) is 21.1. The summed E-state index contributed by atoms with van der Waals surface area (Å²) in [4.78, 5) is 14.8. The fraction of sp³-hybridized carbons (Fsp3) is 0.609. The molecule has 0 aliphatic carbocycles. The highest BCUT2D eigenvalue weighted by Crippen LogP contribution is 2.40. The Morgan fingerprint density at radius 3 is 2.41 bits per heavy atom. The number of ether oxygens (including phenoxy) is 1. The molecule has 7 atom stereocenters. The van der Waals surface area contributed by atoms with Crippen LogP contribution >= 0.6 is 11.8 Å². The van der Waals surface area contributed by atoms with Crippen molar-refractivity contribution in [2.75, 3.05) is 13.2 Å². The largest absolute Gasteiger partial charge is 0.394 e. The monoisotopic (exact) mass is 546 g/mol. The van der Waals surface area contributed by atoms with E-state index >= 15 is 0 Å². The average Bonchev–Trinajstić information content (AvgIpc) is 3.29. The van der Waals surface area contributed by atoms with Crippen LogP contribution in [0.5, 0.6) is 0 Å². The number of aromatic nitrogens is 3. The van der Waals surface area contributed by atoms with Gasteiger partial charge in [0.2, 0.25) is 5.91 Å². The maximum Gasteiger partial charge on any atom is 0.238 e. The minimum atomic E-state index is -1.64. The summed E-state index contributed by atoms with van der Waals surface area (Å²) in [5, 5.41) is 49.2. The van der Waals surface area contributed by atoms with Crippen molar-refractivity contribution in [2.45, 2.75) is 73.9 Å². The first-order valence-corrected chi connectivity index (χ1v) is 12.6. The molecule has 2 aliphatic rings. The molecular weight excluding hydrogens is 517 g/mol. The first-order chi connectivity index (χ1) is 17.3. The number of aliphatic hydroxyl groups is 4. The minimum absolute atomic E-state index is 0.00427. The molecule has 2 saturated heterocycles. The van der Waals surface area contributed by atoms with Crippen molar-refractivity contribution in [3.05, 3.63) is 35.8 Å². The summed E-state index contributed by atoms with van der Waals surface area (Å²) in [5.41, 5.74) is -2.88. The van der Waals surface area contributed by atoms with Gasteiger partial charge in [0.1, 0.15) is 40.7 Å². The molecule has 0 radical (unpaired) electrons. The molecule has 4 N–H and O–H groups in total. The van der Waals surface area contributed by atoms with Crippen LogP contribution in [0.1, 0.15) is 33.2 Å². The Morgan fingerprint density at radius 2 is 1.89 bits per heavy atom. The number of halogens is 3. The van der Waals surface area contributed by atoms with Gasteiger partial charge in [0.05, 0.1) is 18.4 Å². The molecule has 1 aromatic carbocycles. The highest BCUT2D eigenvalue weighted by atomic mass is 32.2. The number of hydrogen-bond acceptors (Lipinski definition) is 9. The summed E-state index contributed by atoms with van der Waals surface area (Å²) < 4.78 is 47.5. The summed E-state index contributed by atoms with van der Waals surface area (Å²) in [7, 11) is 0. The minimum Gasteiger partial charge on any atom is -0.394 e. The van der Waals surface area contributed by atoms with E-state index < -0.39 is 64.7 Å². The van der Waals surface area contributed by atoms with Crippen LogP contribution in [0.15, 0.2) is 18.3 Å². The predicted octanol–water partition coefficient (Wildman–Crippen LogP) is 0.836. The van der Waals surface area contributed by atoms with Crippen molar-refractivity contribution < 1.29 is 43.1 Å². The molecule has 3 heterocycles. The predicted molar refractivity (Wildman–Crippen MR) is 126 cm³/mol. The standard InChI is InChI=1S/C23H29F3N4O6S/c1-10-4-5-29(10)21(34)20(23(2,3)35)37-22-19(33)17(18(32)15(9-31)36-22)30-8-14(27-28-30)11-6-12(24)16(26)13(25)7-11/h6-8,10,15,17-20,22,31-33,35H,4-5,9H2,1-3H3/t10-,15+,17-,18-,19+,20?,22-/m0/s1. The van der Waals surface area contributed by atoms with E-state index in [9.17, 15) is 38.4 Å². The number of hydrogen-bond donors (Lipinski definition) is 4. The van der Waals surface area contributed by atoms with E-state index in [0.717, 1.165) is 35.0 Å². The van der Waals surface area contributed by atoms with Crippen LogP contribution in [0.25, 0.3) is 11.3 Å². The third-order valence-electron chi connectivity index (χ3n) is 6.68. The number of likely N-dealkylation sites (tertiary alicyclic amines) is 1. The molecule has 4 rings (SSSR count). The molecule has 14 heteroatoms. The second kappa shape index (κ2) is 10.5. The van der Waals surface area contributed by atoms with Crippen LogP contribution in [0.4, 0.5) is 13.2 Å². The number of aliphatic hydroxyl groups excluding tert-OH is 3. The second-order valence-electron chi connectivity index (χ2n) is 9.87. The second-order valence-corrected chi connectivity index (χ2v) is 11.1. The summed E-state index contributed by atoms with van der Waals surface area (Å²) in [6.45, 7) is 4.70. The highest BCUT2D eigenvalue weighted by molar-refractivity contribution is 8.01. The zero-order chi connectivity index (χ0) is 27.2. The van der Waals surface area contributed by atoms with Crippen molar-refractivity contribution in [1.82, 2.24) is 19.9 Å². The summed E-state index contributed by atoms with van der Waals surface area (Å²) in [6.07, 6.45) is -2.16. The molecule has 1 amide bonds. The normalized spacial score (nSPS) is 29.2. The maximum absolute atomic E-state index is 13.7. The lowest BCUT2D eigenvalue weighted by molar-refractivity contribution is -0.179. The number of nitrogens with zero attached hydrogens (tertiary/aromatic N) is 4. The number of amides is 1. The van der Waals surface area contributed by atoms with Crippen molar-refractivity contribution in [3.63, 3.8) is 0 Å². The van der Waals surface area contributed by atoms with Gasteiger partial charge in [-0.1, -0.05) is 5.21 Å². The van der Waals surface area contributed by atoms with Crippen molar-refractivity contribution in [1.29, 1.82) is 0 Å². The molecule has 10 nitrogen and oxygen atoms in total. The van der Waals surface area contributed by atoms with Gasteiger partial charge in [-0.3, -0.25) is 4.79 Å². The van der Waals surface area contributed by atoms with E-state index in [4.69, 9.17) is 4.74 Å². The van der Waals surface area contributed by atoms with Gasteiger partial charge < -0.3 is 30.1 Å². The highest BCUT2D eigenvalue weighted by Gasteiger charge is 2.50. The summed E-state index contributed by atoms with van der Waals surface area (Å²) in [6, 6.07) is 0.217. The molecule has 2 fully saturated rings. The van der Waals surface area contributed by atoms with Gasteiger partial charge in [0.25, 0.3) is 0 Å². The lowest BCUT2D eigenvalue weighted by Gasteiger charge is -2.46. The Bertz CT molecular complexity index is 1120. The molecule has 0 bridgehead atoms. The average molecular weight is 547 g/mol. The number of thioether (sulfide) groups is 1. The Hall–Kier alpha value is -2.23. The van der Waals surface area contributed by atoms with Gasteiger partial charge in [-0.25, -0.2) is 17.9 Å². The molecule has 1 aromatic heterocycles. The number of rotatable bonds is 7. The van der Waals surface area contributed by atoms with Crippen LogP contribution in [-0.2, 0) is 9.53 Å². The number of carbonyl (C=O) groups is 1. The molecule has 37 heavy (non-hydrogen) atoms. The topological polar surface area (TPSA) is 141 Å². The van der Waals surface area contributed by atoms with Gasteiger partial charge in [-0.15, -0.1) is 16.9 Å². The van der Waals surface area contributed by atoms with Crippen LogP contribution in [0.2, 0.25) is 0 Å². The molecule has 204 valence electrons. The van der Waals surface area contributed by atoms with Crippen LogP contribution in [-0.4, -0.2) is 100 Å². The van der Waals surface area contributed by atoms with E-state index in [1.165, 1.54) is 20.0 Å². The Kier molecular flexibility index (Phi) is 7.89. The van der Waals surface area contributed by atoms with Gasteiger partial charge >= 0.3 is 0 Å². The number of benzene rings is 1. The molecule has 1 unspecified atom stereocenters. The fourth-order valence-corrected chi connectivity index (χ4v) is 5.79. The first kappa shape index (κ1) is 27.8. The number of carbonyl (C=O) groups excluding carboxylic acids is 1. The SMILES string of the molecule is C[C@H]1CCN1C(=O)C(S[C@@H]1O[C@H](CO)[C@H](O)[C@H](n2cc(-c3cc(F)c(F)c(F)c3)nn2)[C@H]1O)C(C)(C)O. The van der Waals surface area contributed by atoms with Crippen molar-refractivity contribution in [2.24, 2.45) is 0 Å². The van der Waals surface area contributed by atoms with Gasteiger partial charge in [-0.2, -0.15) is 0 Å². The maximum atomic E-state index is 13.7. The Labute approximate surface area is 215 Å². The van der Waals surface area contributed by atoms with E-state index in [0.29, 0.717) is 6.54 Å². The smallest absolute Gasteiger partial charge is 0.238 e. The van der Waals surface area contributed by atoms with E-state index in [2.05, 4.69) is 10.3 Å². The van der Waals surface area contributed by atoms with Crippen LogP contribution in [0.3, 0.4) is 0 Å². The van der Waals surface area contributed by atoms with Crippen LogP contribution < -0.4 is 0 Å². The van der Waals surface area contributed by atoms with Gasteiger partial charge in [0, 0.05) is 18.2 Å². The van der Waals surface area contributed by atoms with Crippen molar-refractivity contribution in [3.8, 4) is 11.3 Å². The summed E-state index contributed by atoms with van der Waals surface area (Å²) in [5.74, 6) is -4.82. The van der Waals surface area contributed by atoms with Gasteiger partial charge in [0.15, 0.2) is 17.5 Å². The third kappa shape index (κ3) is 5.36. The van der Waals surface area contributed by atoms with E-state index in [-0.39, 0.29) is 23.2 Å².